The molecule has 1 heterocycles. The van der Waals surface area contributed by atoms with Crippen LogP contribution in [0.25, 0.3) is 0 Å². The minimum Gasteiger partial charge on any atom is -0.392 e. The third-order valence-electron chi connectivity index (χ3n) is 2.48. The summed E-state index contributed by atoms with van der Waals surface area (Å²) in [6, 6.07) is 0. The molecule has 1 N–H and O–H groups in total. The molecule has 0 aromatic carbocycles. The van der Waals surface area contributed by atoms with Crippen molar-refractivity contribution in [1.82, 2.24) is 10.2 Å². The van der Waals surface area contributed by atoms with E-state index in [-0.39, 0.29) is 6.10 Å². The van der Waals surface area contributed by atoms with Gasteiger partial charge in [0.05, 0.1) is 6.10 Å². The van der Waals surface area contributed by atoms with Gasteiger partial charge in [-0.1, -0.05) is 47.7 Å². The van der Waals surface area contributed by atoms with Crippen LogP contribution in [0.15, 0.2) is 8.68 Å². The Bertz CT molecular complexity index is 318. The molecule has 1 aliphatic carbocycles. The lowest BCUT2D eigenvalue weighted by molar-refractivity contribution is 0.137. The van der Waals surface area contributed by atoms with Crippen LogP contribution in [-0.2, 0) is 0 Å². The normalized spacial score (nSPS) is 26.8. The molecule has 0 radical (unpaired) electrons. The Morgan fingerprint density at radius 1 is 1.27 bits per heavy atom. The molecule has 1 aromatic rings. The summed E-state index contributed by atoms with van der Waals surface area (Å²) in [5.41, 5.74) is 0. The Kier molecular flexibility index (Phi) is 4.30. The highest BCUT2D eigenvalue weighted by Gasteiger charge is 2.25. The van der Waals surface area contributed by atoms with Gasteiger partial charge in [0.15, 0.2) is 8.68 Å². The minimum absolute atomic E-state index is 0.162. The predicted octanol–water partition coefficient (Wildman–Crippen LogP) is 2.66. The van der Waals surface area contributed by atoms with E-state index in [4.69, 9.17) is 0 Å². The highest BCUT2D eigenvalue weighted by molar-refractivity contribution is 8.03. The van der Waals surface area contributed by atoms with Crippen LogP contribution in [0.4, 0.5) is 0 Å². The maximum absolute atomic E-state index is 9.82. The van der Waals surface area contributed by atoms with Crippen molar-refractivity contribution < 1.29 is 5.11 Å². The minimum atomic E-state index is -0.162. The predicted molar refractivity (Wildman–Crippen MR) is 65.8 cm³/mol. The molecular formula is C9H14N2OS3. The maximum atomic E-state index is 9.82. The largest absolute Gasteiger partial charge is 0.392 e. The molecule has 1 aromatic heterocycles. The smallest absolute Gasteiger partial charge is 0.175 e. The zero-order chi connectivity index (χ0) is 10.7. The lowest BCUT2D eigenvalue weighted by atomic mass is 9.97. The third-order valence-corrected chi connectivity index (χ3v) is 5.85. The van der Waals surface area contributed by atoms with Gasteiger partial charge >= 0.3 is 0 Å². The number of nitrogens with zero attached hydrogens (tertiary/aromatic N) is 2. The average molecular weight is 262 g/mol. The monoisotopic (exact) mass is 262 g/mol. The summed E-state index contributed by atoms with van der Waals surface area (Å²) in [4.78, 5) is 0. The van der Waals surface area contributed by atoms with Crippen molar-refractivity contribution in [1.29, 1.82) is 0 Å². The van der Waals surface area contributed by atoms with Crippen molar-refractivity contribution in [3.63, 3.8) is 0 Å². The van der Waals surface area contributed by atoms with Gasteiger partial charge in [0, 0.05) is 5.25 Å². The average Bonchev–Trinajstić information content (AvgIpc) is 2.69. The molecule has 15 heavy (non-hydrogen) atoms. The van der Waals surface area contributed by atoms with Gasteiger partial charge in [-0.2, -0.15) is 0 Å². The summed E-state index contributed by atoms with van der Waals surface area (Å²) >= 11 is 4.93. The van der Waals surface area contributed by atoms with Gasteiger partial charge in [0.1, 0.15) is 0 Å². The van der Waals surface area contributed by atoms with Crippen LogP contribution >= 0.6 is 34.9 Å². The summed E-state index contributed by atoms with van der Waals surface area (Å²) in [5, 5.41) is 18.3. The van der Waals surface area contributed by atoms with Crippen LogP contribution in [0.3, 0.4) is 0 Å². The summed E-state index contributed by atoms with van der Waals surface area (Å²) < 4.78 is 1.99. The van der Waals surface area contributed by atoms with Gasteiger partial charge < -0.3 is 5.11 Å². The molecule has 3 nitrogen and oxygen atoms in total. The van der Waals surface area contributed by atoms with Gasteiger partial charge in [0.25, 0.3) is 0 Å². The second-order valence-electron chi connectivity index (χ2n) is 3.55. The molecule has 0 spiro atoms. The van der Waals surface area contributed by atoms with Crippen molar-refractivity contribution >= 4 is 34.9 Å². The fourth-order valence-electron chi connectivity index (χ4n) is 1.67. The van der Waals surface area contributed by atoms with E-state index in [1.807, 2.05) is 6.26 Å². The molecule has 1 fully saturated rings. The van der Waals surface area contributed by atoms with E-state index < -0.39 is 0 Å². The molecule has 2 rings (SSSR count). The quantitative estimate of drug-likeness (QED) is 0.849. The van der Waals surface area contributed by atoms with Crippen molar-refractivity contribution in [2.24, 2.45) is 0 Å². The topological polar surface area (TPSA) is 46.0 Å². The van der Waals surface area contributed by atoms with Crippen molar-refractivity contribution in [2.75, 3.05) is 6.26 Å². The summed E-state index contributed by atoms with van der Waals surface area (Å²) in [6.45, 7) is 0. The van der Waals surface area contributed by atoms with E-state index in [1.54, 1.807) is 34.9 Å². The molecule has 2 atom stereocenters. The van der Waals surface area contributed by atoms with Crippen LogP contribution in [0.1, 0.15) is 25.7 Å². The lowest BCUT2D eigenvalue weighted by Crippen LogP contribution is -2.26. The first-order chi connectivity index (χ1) is 7.29. The molecular weight excluding hydrogens is 248 g/mol. The second-order valence-corrected chi connectivity index (χ2v) is 7.06. The van der Waals surface area contributed by atoms with Crippen molar-refractivity contribution in [3.8, 4) is 0 Å². The number of rotatable bonds is 3. The lowest BCUT2D eigenvalue weighted by Gasteiger charge is -2.25. The number of thioether (sulfide) groups is 2. The van der Waals surface area contributed by atoms with E-state index in [2.05, 4.69) is 10.2 Å². The molecule has 0 amide bonds. The summed E-state index contributed by atoms with van der Waals surface area (Å²) in [7, 11) is 0. The molecule has 84 valence electrons. The van der Waals surface area contributed by atoms with E-state index in [9.17, 15) is 5.11 Å². The number of aromatic nitrogens is 2. The second kappa shape index (κ2) is 5.52. The maximum Gasteiger partial charge on any atom is 0.175 e. The Balaban J connectivity index is 1.95. The molecule has 6 heteroatoms. The first-order valence-electron chi connectivity index (χ1n) is 5.02. The van der Waals surface area contributed by atoms with Gasteiger partial charge in [-0.3, -0.25) is 0 Å². The van der Waals surface area contributed by atoms with Crippen molar-refractivity contribution in [2.45, 2.75) is 45.7 Å². The molecule has 0 unspecified atom stereocenters. The molecule has 1 aliphatic rings. The van der Waals surface area contributed by atoms with Gasteiger partial charge in [-0.25, -0.2) is 0 Å². The number of aliphatic hydroxyl groups is 1. The Hall–Kier alpha value is 0.220. The van der Waals surface area contributed by atoms with Gasteiger partial charge in [0.2, 0.25) is 0 Å². The SMILES string of the molecule is CSc1nnc(S[C@@H]2CCCC[C@H]2O)s1. The first-order valence-corrected chi connectivity index (χ1v) is 7.94. The number of aliphatic hydroxyl groups excluding tert-OH is 1. The fourth-order valence-corrected chi connectivity index (χ4v) is 4.56. The Morgan fingerprint density at radius 2 is 2.00 bits per heavy atom. The van der Waals surface area contributed by atoms with Crippen LogP contribution in [0.2, 0.25) is 0 Å². The van der Waals surface area contributed by atoms with Crippen LogP contribution < -0.4 is 0 Å². The Labute approximate surface area is 102 Å². The van der Waals surface area contributed by atoms with E-state index in [0.29, 0.717) is 5.25 Å². The zero-order valence-corrected chi connectivity index (χ0v) is 11.0. The third kappa shape index (κ3) is 3.09. The summed E-state index contributed by atoms with van der Waals surface area (Å²) in [6.07, 6.45) is 6.26. The van der Waals surface area contributed by atoms with Gasteiger partial charge in [-0.15, -0.1) is 10.2 Å². The molecule has 0 saturated heterocycles. The first kappa shape index (κ1) is 11.7. The van der Waals surface area contributed by atoms with Crippen molar-refractivity contribution in [3.05, 3.63) is 0 Å². The molecule has 0 aliphatic heterocycles. The van der Waals surface area contributed by atoms with Gasteiger partial charge in [-0.05, 0) is 19.1 Å². The Morgan fingerprint density at radius 3 is 2.67 bits per heavy atom. The van der Waals surface area contributed by atoms with E-state index >= 15 is 0 Å². The molecule has 0 bridgehead atoms. The van der Waals surface area contributed by atoms with Crippen LogP contribution in [0.5, 0.6) is 0 Å². The van der Waals surface area contributed by atoms with E-state index in [0.717, 1.165) is 27.9 Å². The highest BCUT2D eigenvalue weighted by Crippen LogP contribution is 2.36. The number of hydrogen-bond acceptors (Lipinski definition) is 6. The van der Waals surface area contributed by atoms with Crippen LogP contribution in [0, 0.1) is 0 Å². The van der Waals surface area contributed by atoms with Crippen LogP contribution in [-0.4, -0.2) is 32.9 Å². The highest BCUT2D eigenvalue weighted by atomic mass is 32.2. The van der Waals surface area contributed by atoms with E-state index in [1.165, 1.54) is 6.42 Å². The number of hydrogen-bond donors (Lipinski definition) is 1. The standard InChI is InChI=1S/C9H14N2OS3/c1-13-8-10-11-9(15-8)14-7-5-3-2-4-6(7)12/h6-7,12H,2-5H2,1H3/t6-,7-/m1/s1. The molecule has 1 saturated carbocycles. The zero-order valence-electron chi connectivity index (χ0n) is 8.55. The fraction of sp³-hybridized carbons (Fsp3) is 0.778. The summed E-state index contributed by atoms with van der Waals surface area (Å²) in [5.74, 6) is 0.